The maximum atomic E-state index is 9.08. The third-order valence-corrected chi connectivity index (χ3v) is 4.57. The highest BCUT2D eigenvalue weighted by molar-refractivity contribution is 7.84. The Morgan fingerprint density at radius 1 is 0.815 bits per heavy atom. The number of aryl methyl sites for hydroxylation is 2. The molecule has 0 saturated carbocycles. The topological polar surface area (TPSA) is 61.1 Å². The SMILES string of the molecule is CCCCCCCCCCCC[n+]1ccccc1CCCC.CS(=O)(=O)[O-]. The van der Waals surface area contributed by atoms with Crippen LogP contribution in [0.4, 0.5) is 0 Å². The minimum absolute atomic E-state index is 0.604. The van der Waals surface area contributed by atoms with Crippen molar-refractivity contribution in [3.63, 3.8) is 0 Å². The zero-order valence-electron chi connectivity index (χ0n) is 17.8. The van der Waals surface area contributed by atoms with Gasteiger partial charge in [-0.3, -0.25) is 0 Å². The van der Waals surface area contributed by atoms with Crippen LogP contribution < -0.4 is 4.57 Å². The molecular weight excluding hydrogens is 358 g/mol. The summed E-state index contributed by atoms with van der Waals surface area (Å²) < 4.78 is 29.7. The van der Waals surface area contributed by atoms with Crippen molar-refractivity contribution < 1.29 is 17.5 Å². The van der Waals surface area contributed by atoms with Crippen molar-refractivity contribution in [2.75, 3.05) is 6.26 Å². The molecule has 0 aliphatic rings. The molecule has 0 aliphatic carbocycles. The lowest BCUT2D eigenvalue weighted by molar-refractivity contribution is -0.704. The predicted molar refractivity (Wildman–Crippen MR) is 113 cm³/mol. The maximum Gasteiger partial charge on any atom is 0.181 e. The highest BCUT2D eigenvalue weighted by Gasteiger charge is 2.08. The van der Waals surface area contributed by atoms with Gasteiger partial charge in [0, 0.05) is 31.2 Å². The van der Waals surface area contributed by atoms with Gasteiger partial charge in [0.1, 0.15) is 6.54 Å². The third-order valence-electron chi connectivity index (χ3n) is 4.57. The lowest BCUT2D eigenvalue weighted by Crippen LogP contribution is -2.37. The van der Waals surface area contributed by atoms with E-state index in [1.165, 1.54) is 95.7 Å². The molecule has 1 aromatic rings. The fourth-order valence-corrected chi connectivity index (χ4v) is 3.08. The van der Waals surface area contributed by atoms with Gasteiger partial charge in [-0.15, -0.1) is 0 Å². The van der Waals surface area contributed by atoms with Gasteiger partial charge < -0.3 is 4.55 Å². The van der Waals surface area contributed by atoms with Crippen molar-refractivity contribution in [2.24, 2.45) is 0 Å². The molecule has 0 saturated heterocycles. The van der Waals surface area contributed by atoms with Gasteiger partial charge in [-0.05, 0) is 12.8 Å². The van der Waals surface area contributed by atoms with E-state index >= 15 is 0 Å². The molecule has 0 spiro atoms. The molecule has 0 atom stereocenters. The van der Waals surface area contributed by atoms with Crippen LogP contribution in [0.3, 0.4) is 0 Å². The molecule has 158 valence electrons. The average molecular weight is 400 g/mol. The third kappa shape index (κ3) is 19.6. The van der Waals surface area contributed by atoms with Gasteiger partial charge in [-0.25, -0.2) is 13.0 Å². The largest absolute Gasteiger partial charge is 0.748 e. The first-order valence-corrected chi connectivity index (χ1v) is 12.6. The summed E-state index contributed by atoms with van der Waals surface area (Å²) in [5.74, 6) is 0. The van der Waals surface area contributed by atoms with Crippen LogP contribution in [-0.4, -0.2) is 19.2 Å². The molecule has 0 bridgehead atoms. The van der Waals surface area contributed by atoms with Crippen LogP contribution in [0.5, 0.6) is 0 Å². The standard InChI is InChI=1S/C21H38N.CH4O3S/c1-3-5-7-8-9-10-11-12-13-15-19-22-20-16-14-18-21(22)17-6-4-2;1-5(2,3)4/h14,16,18,20H,3-13,15,17,19H2,1-2H3;1H3,(H,2,3,4)/q+1;/p-1. The van der Waals surface area contributed by atoms with Gasteiger partial charge in [0.2, 0.25) is 0 Å². The van der Waals surface area contributed by atoms with Gasteiger partial charge in [0.15, 0.2) is 11.9 Å². The van der Waals surface area contributed by atoms with Crippen LogP contribution in [0.1, 0.15) is 96.6 Å². The summed E-state index contributed by atoms with van der Waals surface area (Å²) in [6, 6.07) is 6.65. The number of hydrogen-bond acceptors (Lipinski definition) is 3. The van der Waals surface area contributed by atoms with Crippen molar-refractivity contribution in [3.05, 3.63) is 30.1 Å². The fraction of sp³-hybridized carbons (Fsp3) is 0.773. The minimum atomic E-state index is -3.92. The monoisotopic (exact) mass is 399 g/mol. The summed E-state index contributed by atoms with van der Waals surface area (Å²) in [6.07, 6.45) is 20.9. The Bertz CT molecular complexity index is 550. The van der Waals surface area contributed by atoms with E-state index in [0.29, 0.717) is 6.26 Å². The number of hydrogen-bond donors (Lipinski definition) is 0. The normalized spacial score (nSPS) is 11.1. The van der Waals surface area contributed by atoms with Crippen LogP contribution >= 0.6 is 0 Å². The Morgan fingerprint density at radius 2 is 1.30 bits per heavy atom. The van der Waals surface area contributed by atoms with E-state index in [0.717, 1.165) is 0 Å². The quantitative estimate of drug-likeness (QED) is 0.239. The number of pyridine rings is 1. The van der Waals surface area contributed by atoms with Gasteiger partial charge in [-0.1, -0.05) is 77.7 Å². The summed E-state index contributed by atoms with van der Waals surface area (Å²) in [5, 5.41) is 0. The molecule has 0 radical (unpaired) electrons. The van der Waals surface area contributed by atoms with Crippen molar-refractivity contribution in [1.29, 1.82) is 0 Å². The molecular formula is C22H41NO3S. The number of unbranched alkanes of at least 4 members (excludes halogenated alkanes) is 10. The summed E-state index contributed by atoms with van der Waals surface area (Å²) in [6.45, 7) is 5.77. The molecule has 27 heavy (non-hydrogen) atoms. The zero-order valence-corrected chi connectivity index (χ0v) is 18.6. The van der Waals surface area contributed by atoms with Gasteiger partial charge >= 0.3 is 0 Å². The molecule has 1 aromatic heterocycles. The summed E-state index contributed by atoms with van der Waals surface area (Å²) >= 11 is 0. The second-order valence-electron chi connectivity index (χ2n) is 7.38. The summed E-state index contributed by atoms with van der Waals surface area (Å²) in [7, 11) is -3.92. The molecule has 0 aromatic carbocycles. The number of nitrogens with zero attached hydrogens (tertiary/aromatic N) is 1. The number of aromatic nitrogens is 1. The fourth-order valence-electron chi connectivity index (χ4n) is 3.08. The summed E-state index contributed by atoms with van der Waals surface area (Å²) in [4.78, 5) is 0. The lowest BCUT2D eigenvalue weighted by Gasteiger charge is -2.04. The Hall–Kier alpha value is -0.940. The maximum absolute atomic E-state index is 9.08. The van der Waals surface area contributed by atoms with Gasteiger partial charge in [0.25, 0.3) is 0 Å². The smallest absolute Gasteiger partial charge is 0.181 e. The molecule has 4 nitrogen and oxygen atoms in total. The molecule has 0 unspecified atom stereocenters. The zero-order chi connectivity index (χ0) is 20.4. The Morgan fingerprint density at radius 3 is 1.81 bits per heavy atom. The molecule has 0 fully saturated rings. The Kier molecular flexibility index (Phi) is 16.6. The molecule has 5 heteroatoms. The first-order chi connectivity index (χ1) is 12.9. The van der Waals surface area contributed by atoms with Crippen LogP contribution in [0, 0.1) is 0 Å². The van der Waals surface area contributed by atoms with Crippen molar-refractivity contribution in [1.82, 2.24) is 0 Å². The van der Waals surface area contributed by atoms with Crippen LogP contribution in [0.2, 0.25) is 0 Å². The molecule has 0 N–H and O–H groups in total. The van der Waals surface area contributed by atoms with E-state index < -0.39 is 10.1 Å². The average Bonchev–Trinajstić information content (AvgIpc) is 2.61. The highest BCUT2D eigenvalue weighted by Crippen LogP contribution is 2.10. The van der Waals surface area contributed by atoms with E-state index in [1.54, 1.807) is 0 Å². The minimum Gasteiger partial charge on any atom is -0.748 e. The second kappa shape index (κ2) is 17.2. The van der Waals surface area contributed by atoms with Crippen LogP contribution in [-0.2, 0) is 23.1 Å². The first kappa shape index (κ1) is 26.1. The molecule has 0 aliphatic heterocycles. The predicted octanol–water partition coefficient (Wildman–Crippen LogP) is 5.40. The van der Waals surface area contributed by atoms with Crippen molar-refractivity contribution in [2.45, 2.75) is 104 Å². The molecule has 1 rings (SSSR count). The lowest BCUT2D eigenvalue weighted by atomic mass is 10.1. The second-order valence-corrected chi connectivity index (χ2v) is 8.78. The summed E-state index contributed by atoms with van der Waals surface area (Å²) in [5.41, 5.74) is 1.51. The Labute approximate surface area is 168 Å². The van der Waals surface area contributed by atoms with Crippen LogP contribution in [0.15, 0.2) is 24.4 Å². The van der Waals surface area contributed by atoms with Gasteiger partial charge in [0.05, 0.1) is 10.1 Å². The van der Waals surface area contributed by atoms with E-state index in [1.807, 2.05) is 0 Å². The van der Waals surface area contributed by atoms with E-state index in [9.17, 15) is 0 Å². The number of rotatable bonds is 14. The molecule has 1 heterocycles. The highest BCUT2D eigenvalue weighted by atomic mass is 32.2. The van der Waals surface area contributed by atoms with Gasteiger partial charge in [-0.2, -0.15) is 0 Å². The van der Waals surface area contributed by atoms with Crippen molar-refractivity contribution >= 4 is 10.1 Å². The van der Waals surface area contributed by atoms with Crippen molar-refractivity contribution in [3.8, 4) is 0 Å². The van der Waals surface area contributed by atoms with Crippen LogP contribution in [0.25, 0.3) is 0 Å². The van der Waals surface area contributed by atoms with E-state index in [4.69, 9.17) is 13.0 Å². The Balaban J connectivity index is 0.00000119. The van der Waals surface area contributed by atoms with E-state index in [2.05, 4.69) is 42.8 Å². The first-order valence-electron chi connectivity index (χ1n) is 10.8. The van der Waals surface area contributed by atoms with E-state index in [-0.39, 0.29) is 0 Å². The molecule has 0 amide bonds.